The van der Waals surface area contributed by atoms with Crippen LogP contribution in [-0.4, -0.2) is 44.6 Å². The number of benzene rings is 1. The van der Waals surface area contributed by atoms with Gasteiger partial charge in [0.25, 0.3) is 0 Å². The van der Waals surface area contributed by atoms with Crippen LogP contribution in [0.3, 0.4) is 0 Å². The molecule has 1 aromatic carbocycles. The Labute approximate surface area is 132 Å². The average Bonchev–Trinajstić information content (AvgIpc) is 2.48. The molecule has 0 aliphatic rings. The number of unbranched alkanes of at least 4 members (excludes halogenated alkanes) is 2. The van der Waals surface area contributed by atoms with Gasteiger partial charge in [-0.05, 0) is 43.5 Å². The Morgan fingerprint density at radius 3 is 2.67 bits per heavy atom. The molecule has 1 aromatic rings. The molecule has 0 aliphatic carbocycles. The number of nitrogens with one attached hydrogen (secondary N) is 1. The Morgan fingerprint density at radius 1 is 1.19 bits per heavy atom. The Kier molecular flexibility index (Phi) is 10.5. The van der Waals surface area contributed by atoms with Crippen LogP contribution in [0.4, 0.5) is 0 Å². The first-order valence-electron chi connectivity index (χ1n) is 7.42. The first kappa shape index (κ1) is 18.4. The van der Waals surface area contributed by atoms with E-state index in [9.17, 15) is 5.11 Å². The number of methoxy groups -OCH3 is 1. The average molecular weight is 316 g/mol. The largest absolute Gasteiger partial charge is 0.389 e. The molecule has 5 heteroatoms. The fraction of sp³-hybridized carbons (Fsp3) is 0.625. The standard InChI is InChI=1S/C16H26ClNO3/c1-20-10-4-2-3-9-18-11-16(19)13-21-12-14-5-7-15(17)8-6-14/h5-8,16,18-19H,2-4,9-13H2,1H3. The van der Waals surface area contributed by atoms with Crippen molar-refractivity contribution in [1.29, 1.82) is 0 Å². The molecular formula is C16H26ClNO3. The highest BCUT2D eigenvalue weighted by Gasteiger charge is 2.03. The van der Waals surface area contributed by atoms with Crippen molar-refractivity contribution in [3.8, 4) is 0 Å². The van der Waals surface area contributed by atoms with Gasteiger partial charge in [-0.2, -0.15) is 0 Å². The molecule has 21 heavy (non-hydrogen) atoms. The van der Waals surface area contributed by atoms with Gasteiger partial charge in [-0.1, -0.05) is 23.7 Å². The molecule has 0 aliphatic heterocycles. The second kappa shape index (κ2) is 12.0. The molecule has 0 saturated carbocycles. The number of aliphatic hydroxyl groups excluding tert-OH is 1. The van der Waals surface area contributed by atoms with Crippen LogP contribution in [-0.2, 0) is 16.1 Å². The SMILES string of the molecule is COCCCCCNCC(O)COCc1ccc(Cl)cc1. The summed E-state index contributed by atoms with van der Waals surface area (Å²) in [5.74, 6) is 0. The predicted octanol–water partition coefficient (Wildman–Crippen LogP) is 2.62. The van der Waals surface area contributed by atoms with Crippen molar-refractivity contribution in [2.75, 3.05) is 33.4 Å². The lowest BCUT2D eigenvalue weighted by atomic mass is 10.2. The summed E-state index contributed by atoms with van der Waals surface area (Å²) in [7, 11) is 1.72. The highest BCUT2D eigenvalue weighted by Crippen LogP contribution is 2.10. The van der Waals surface area contributed by atoms with E-state index in [2.05, 4.69) is 5.32 Å². The minimum absolute atomic E-state index is 0.333. The van der Waals surface area contributed by atoms with E-state index >= 15 is 0 Å². The summed E-state index contributed by atoms with van der Waals surface area (Å²) in [4.78, 5) is 0. The molecule has 0 fully saturated rings. The maximum Gasteiger partial charge on any atom is 0.0897 e. The summed E-state index contributed by atoms with van der Waals surface area (Å²) in [5.41, 5.74) is 1.05. The zero-order valence-corrected chi connectivity index (χ0v) is 13.4. The Balaban J connectivity index is 1.96. The molecule has 0 spiro atoms. The first-order valence-corrected chi connectivity index (χ1v) is 7.80. The molecule has 4 nitrogen and oxygen atoms in total. The van der Waals surface area contributed by atoms with Crippen molar-refractivity contribution in [2.45, 2.75) is 32.0 Å². The van der Waals surface area contributed by atoms with E-state index in [1.807, 2.05) is 24.3 Å². The fourth-order valence-corrected chi connectivity index (χ4v) is 2.02. The lowest BCUT2D eigenvalue weighted by molar-refractivity contribution is 0.0289. The van der Waals surface area contributed by atoms with Crippen LogP contribution in [0.25, 0.3) is 0 Å². The summed E-state index contributed by atoms with van der Waals surface area (Å²) in [6.45, 7) is 3.12. The van der Waals surface area contributed by atoms with E-state index < -0.39 is 6.10 Å². The zero-order valence-electron chi connectivity index (χ0n) is 12.7. The number of hydrogen-bond donors (Lipinski definition) is 2. The molecule has 2 N–H and O–H groups in total. The highest BCUT2D eigenvalue weighted by atomic mass is 35.5. The predicted molar refractivity (Wildman–Crippen MR) is 85.7 cm³/mol. The molecule has 0 aromatic heterocycles. The maximum absolute atomic E-state index is 9.78. The topological polar surface area (TPSA) is 50.7 Å². The summed E-state index contributed by atoms with van der Waals surface area (Å²) >= 11 is 5.81. The third-order valence-electron chi connectivity index (χ3n) is 3.07. The summed E-state index contributed by atoms with van der Waals surface area (Å²) < 4.78 is 10.5. The molecule has 0 radical (unpaired) electrons. The molecule has 1 unspecified atom stereocenters. The van der Waals surface area contributed by atoms with Crippen molar-refractivity contribution in [3.63, 3.8) is 0 Å². The number of rotatable bonds is 12. The van der Waals surface area contributed by atoms with Gasteiger partial charge < -0.3 is 19.9 Å². The monoisotopic (exact) mass is 315 g/mol. The Bertz CT molecular complexity index is 359. The molecular weight excluding hydrogens is 290 g/mol. The van der Waals surface area contributed by atoms with Crippen LogP contribution in [0.5, 0.6) is 0 Å². The number of hydrogen-bond acceptors (Lipinski definition) is 4. The number of ether oxygens (including phenoxy) is 2. The van der Waals surface area contributed by atoms with E-state index in [1.54, 1.807) is 7.11 Å². The second-order valence-electron chi connectivity index (χ2n) is 5.05. The van der Waals surface area contributed by atoms with E-state index in [0.29, 0.717) is 24.8 Å². The second-order valence-corrected chi connectivity index (χ2v) is 5.49. The van der Waals surface area contributed by atoms with Gasteiger partial charge in [-0.3, -0.25) is 0 Å². The van der Waals surface area contributed by atoms with Gasteiger partial charge in [0.05, 0.1) is 19.3 Å². The van der Waals surface area contributed by atoms with Gasteiger partial charge in [0, 0.05) is 25.3 Å². The molecule has 120 valence electrons. The smallest absolute Gasteiger partial charge is 0.0897 e. The molecule has 1 atom stereocenters. The highest BCUT2D eigenvalue weighted by molar-refractivity contribution is 6.30. The number of aliphatic hydroxyl groups is 1. The Morgan fingerprint density at radius 2 is 1.95 bits per heavy atom. The van der Waals surface area contributed by atoms with Crippen LogP contribution in [0, 0.1) is 0 Å². The third kappa shape index (κ3) is 9.82. The molecule has 1 rings (SSSR count). The van der Waals surface area contributed by atoms with Crippen molar-refractivity contribution in [3.05, 3.63) is 34.9 Å². The normalized spacial score (nSPS) is 12.5. The van der Waals surface area contributed by atoms with Crippen molar-refractivity contribution < 1.29 is 14.6 Å². The van der Waals surface area contributed by atoms with Crippen LogP contribution >= 0.6 is 11.6 Å². The van der Waals surface area contributed by atoms with Gasteiger partial charge in [-0.25, -0.2) is 0 Å². The minimum Gasteiger partial charge on any atom is -0.389 e. The van der Waals surface area contributed by atoms with Gasteiger partial charge in [0.2, 0.25) is 0 Å². The molecule has 0 heterocycles. The summed E-state index contributed by atoms with van der Waals surface area (Å²) in [5, 5.41) is 13.7. The first-order chi connectivity index (χ1) is 10.2. The molecule has 0 amide bonds. The molecule has 0 saturated heterocycles. The van der Waals surface area contributed by atoms with Gasteiger partial charge >= 0.3 is 0 Å². The summed E-state index contributed by atoms with van der Waals surface area (Å²) in [6, 6.07) is 7.52. The van der Waals surface area contributed by atoms with Crippen LogP contribution < -0.4 is 5.32 Å². The van der Waals surface area contributed by atoms with Crippen molar-refractivity contribution in [1.82, 2.24) is 5.32 Å². The third-order valence-corrected chi connectivity index (χ3v) is 3.33. The van der Waals surface area contributed by atoms with Gasteiger partial charge in [-0.15, -0.1) is 0 Å². The van der Waals surface area contributed by atoms with Gasteiger partial charge in [0.1, 0.15) is 0 Å². The van der Waals surface area contributed by atoms with Crippen LogP contribution in [0.2, 0.25) is 5.02 Å². The Hall–Kier alpha value is -0.650. The lowest BCUT2D eigenvalue weighted by Gasteiger charge is -2.12. The quantitative estimate of drug-likeness (QED) is 0.582. The van der Waals surface area contributed by atoms with E-state index in [-0.39, 0.29) is 0 Å². The number of halogens is 1. The summed E-state index contributed by atoms with van der Waals surface area (Å²) in [6.07, 6.45) is 2.85. The van der Waals surface area contributed by atoms with Crippen LogP contribution in [0.15, 0.2) is 24.3 Å². The lowest BCUT2D eigenvalue weighted by Crippen LogP contribution is -2.31. The zero-order chi connectivity index (χ0) is 15.3. The van der Waals surface area contributed by atoms with E-state index in [4.69, 9.17) is 21.1 Å². The van der Waals surface area contributed by atoms with Crippen molar-refractivity contribution in [2.24, 2.45) is 0 Å². The van der Waals surface area contributed by atoms with Crippen molar-refractivity contribution >= 4 is 11.6 Å². The minimum atomic E-state index is -0.476. The fourth-order valence-electron chi connectivity index (χ4n) is 1.89. The van der Waals surface area contributed by atoms with E-state index in [0.717, 1.165) is 38.0 Å². The maximum atomic E-state index is 9.78. The van der Waals surface area contributed by atoms with Gasteiger partial charge in [0.15, 0.2) is 0 Å². The van der Waals surface area contributed by atoms with Crippen LogP contribution in [0.1, 0.15) is 24.8 Å². The van der Waals surface area contributed by atoms with E-state index in [1.165, 1.54) is 0 Å². The molecule has 0 bridgehead atoms.